The maximum atomic E-state index is 14.3. The van der Waals surface area contributed by atoms with Crippen molar-refractivity contribution < 1.29 is 14.0 Å². The number of carbonyl (C=O) groups is 2. The Bertz CT molecular complexity index is 1630. The first-order valence-corrected chi connectivity index (χ1v) is 12.2. The van der Waals surface area contributed by atoms with Gasteiger partial charge in [-0.2, -0.15) is 0 Å². The van der Waals surface area contributed by atoms with Gasteiger partial charge in [-0.1, -0.05) is 18.2 Å². The Hall–Kier alpha value is -4.37. The van der Waals surface area contributed by atoms with Gasteiger partial charge in [-0.15, -0.1) is 11.3 Å². The maximum Gasteiger partial charge on any atom is 0.255 e. The highest BCUT2D eigenvalue weighted by Crippen LogP contribution is 2.36. The van der Waals surface area contributed by atoms with Crippen molar-refractivity contribution >= 4 is 39.3 Å². The first kappa shape index (κ1) is 22.1. The summed E-state index contributed by atoms with van der Waals surface area (Å²) < 4.78 is 14.3. The number of hydrogen-bond donors (Lipinski definition) is 2. The number of fused-ring (bicyclic) bond motifs is 2. The highest BCUT2D eigenvalue weighted by molar-refractivity contribution is 7.13. The molecule has 7 nitrogen and oxygen atoms in total. The lowest BCUT2D eigenvalue weighted by atomic mass is 9.99. The largest absolute Gasteiger partial charge is 0.346 e. The standard InChI is InChI=1S/C27H20FN5O2S/c1-15-2-5-20(28)12-21(15)23(25(34)32-27-30-8-9-36-27)33-14-18-4-3-16(11-22(18)26(33)35)19-10-17-6-7-29-24(17)31-13-19/h2-13,23H,14H2,1H3,(H,29,31)(H,30,32,34). The van der Waals surface area contributed by atoms with Crippen LogP contribution in [0.15, 0.2) is 72.5 Å². The second-order valence-corrected chi connectivity index (χ2v) is 9.57. The van der Waals surface area contributed by atoms with E-state index in [2.05, 4.69) is 20.3 Å². The quantitative estimate of drug-likeness (QED) is 0.337. The van der Waals surface area contributed by atoms with Gasteiger partial charge < -0.3 is 9.88 Å². The summed E-state index contributed by atoms with van der Waals surface area (Å²) in [5.41, 5.74) is 5.00. The zero-order chi connectivity index (χ0) is 24.8. The van der Waals surface area contributed by atoms with Crippen LogP contribution < -0.4 is 5.32 Å². The lowest BCUT2D eigenvalue weighted by molar-refractivity contribution is -0.120. The molecule has 1 aliphatic rings. The lowest BCUT2D eigenvalue weighted by Crippen LogP contribution is -2.38. The van der Waals surface area contributed by atoms with Gasteiger partial charge in [0.15, 0.2) is 5.13 Å². The van der Waals surface area contributed by atoms with Crippen LogP contribution in [0.4, 0.5) is 9.52 Å². The van der Waals surface area contributed by atoms with Crippen LogP contribution in [0.3, 0.4) is 0 Å². The van der Waals surface area contributed by atoms with Crippen molar-refractivity contribution in [2.24, 2.45) is 0 Å². The molecule has 0 fully saturated rings. The van der Waals surface area contributed by atoms with Gasteiger partial charge in [-0.3, -0.25) is 14.9 Å². The van der Waals surface area contributed by atoms with Crippen LogP contribution in [0.5, 0.6) is 0 Å². The third-order valence-electron chi connectivity index (χ3n) is 6.43. The average Bonchev–Trinajstić information content (AvgIpc) is 3.62. The molecule has 0 bridgehead atoms. The van der Waals surface area contributed by atoms with E-state index in [1.165, 1.54) is 28.4 Å². The Labute approximate surface area is 209 Å². The number of rotatable bonds is 5. The van der Waals surface area contributed by atoms with Gasteiger partial charge in [0.25, 0.3) is 11.8 Å². The third kappa shape index (κ3) is 3.83. The third-order valence-corrected chi connectivity index (χ3v) is 7.12. The van der Waals surface area contributed by atoms with Crippen molar-refractivity contribution in [2.75, 3.05) is 5.32 Å². The topological polar surface area (TPSA) is 91.0 Å². The molecule has 1 unspecified atom stereocenters. The molecule has 6 rings (SSSR count). The number of carbonyl (C=O) groups excluding carboxylic acids is 2. The van der Waals surface area contributed by atoms with Gasteiger partial charge >= 0.3 is 0 Å². The Kier molecular flexibility index (Phi) is 5.34. The van der Waals surface area contributed by atoms with Crippen molar-refractivity contribution in [1.29, 1.82) is 0 Å². The molecule has 0 saturated carbocycles. The summed E-state index contributed by atoms with van der Waals surface area (Å²) in [5.74, 6) is -1.20. The SMILES string of the molecule is Cc1ccc(F)cc1C(C(=O)Nc1nccs1)N1Cc2ccc(-c3cnc4[nH]ccc4c3)cc2C1=O. The van der Waals surface area contributed by atoms with E-state index in [0.717, 1.165) is 27.7 Å². The number of H-pyrrole nitrogens is 1. The number of aryl methyl sites for hydroxylation is 1. The van der Waals surface area contributed by atoms with E-state index >= 15 is 0 Å². The number of nitrogens with one attached hydrogen (secondary N) is 2. The van der Waals surface area contributed by atoms with E-state index in [1.807, 2.05) is 36.5 Å². The minimum absolute atomic E-state index is 0.232. The van der Waals surface area contributed by atoms with Crippen molar-refractivity contribution in [1.82, 2.24) is 19.9 Å². The molecule has 0 saturated heterocycles. The molecule has 9 heteroatoms. The molecule has 2 N–H and O–H groups in total. The van der Waals surface area contributed by atoms with Crippen LogP contribution in [0, 0.1) is 12.7 Å². The fraction of sp³-hybridized carbons (Fsp3) is 0.111. The molecule has 5 aromatic rings. The van der Waals surface area contributed by atoms with Crippen molar-refractivity contribution in [3.05, 3.63) is 101 Å². The summed E-state index contributed by atoms with van der Waals surface area (Å²) in [5, 5.41) is 5.92. The zero-order valence-electron chi connectivity index (χ0n) is 19.2. The summed E-state index contributed by atoms with van der Waals surface area (Å²) in [6.45, 7) is 2.03. The number of anilines is 1. The van der Waals surface area contributed by atoms with Gasteiger partial charge in [-0.05, 0) is 59.5 Å². The highest BCUT2D eigenvalue weighted by atomic mass is 32.1. The van der Waals surface area contributed by atoms with Crippen LogP contribution in [0.25, 0.3) is 22.2 Å². The van der Waals surface area contributed by atoms with Gasteiger partial charge in [0.05, 0.1) is 0 Å². The molecular weight excluding hydrogens is 477 g/mol. The number of benzene rings is 2. The number of aromatic nitrogens is 3. The number of amides is 2. The highest BCUT2D eigenvalue weighted by Gasteiger charge is 2.38. The van der Waals surface area contributed by atoms with Crippen LogP contribution in [0.1, 0.15) is 33.1 Å². The van der Waals surface area contributed by atoms with Crippen molar-refractivity contribution in [3.63, 3.8) is 0 Å². The first-order chi connectivity index (χ1) is 17.5. The minimum atomic E-state index is -1.02. The van der Waals surface area contributed by atoms with Gasteiger partial charge in [0.1, 0.15) is 17.5 Å². The van der Waals surface area contributed by atoms with E-state index in [4.69, 9.17) is 0 Å². The Morgan fingerprint density at radius 3 is 2.86 bits per heavy atom. The molecule has 4 heterocycles. The fourth-order valence-electron chi connectivity index (χ4n) is 4.62. The van der Waals surface area contributed by atoms with Crippen LogP contribution >= 0.6 is 11.3 Å². The summed E-state index contributed by atoms with van der Waals surface area (Å²) in [7, 11) is 0. The molecule has 3 aromatic heterocycles. The van der Waals surface area contributed by atoms with E-state index in [9.17, 15) is 14.0 Å². The summed E-state index contributed by atoms with van der Waals surface area (Å²) in [6, 6.07) is 12.9. The van der Waals surface area contributed by atoms with Crippen molar-refractivity contribution in [2.45, 2.75) is 19.5 Å². The molecule has 0 aliphatic carbocycles. The summed E-state index contributed by atoms with van der Waals surface area (Å²) >= 11 is 1.27. The number of hydrogen-bond acceptors (Lipinski definition) is 5. The lowest BCUT2D eigenvalue weighted by Gasteiger charge is -2.28. The molecule has 1 aliphatic heterocycles. The molecule has 0 radical (unpaired) electrons. The van der Waals surface area contributed by atoms with Crippen LogP contribution in [-0.4, -0.2) is 31.7 Å². The predicted molar refractivity (Wildman–Crippen MR) is 136 cm³/mol. The smallest absolute Gasteiger partial charge is 0.255 e. The number of thiazole rings is 1. The Balaban J connectivity index is 1.38. The molecule has 2 aromatic carbocycles. The summed E-state index contributed by atoms with van der Waals surface area (Å²) in [4.78, 5) is 40.3. The Morgan fingerprint density at radius 1 is 1.14 bits per heavy atom. The summed E-state index contributed by atoms with van der Waals surface area (Å²) in [6.07, 6.45) is 5.18. The number of pyridine rings is 1. The second kappa shape index (κ2) is 8.69. The predicted octanol–water partition coefficient (Wildman–Crippen LogP) is 5.47. The van der Waals surface area contributed by atoms with E-state index in [0.29, 0.717) is 21.8 Å². The normalized spacial score (nSPS) is 13.7. The van der Waals surface area contributed by atoms with Crippen molar-refractivity contribution in [3.8, 4) is 11.1 Å². The minimum Gasteiger partial charge on any atom is -0.346 e. The molecule has 2 amide bonds. The van der Waals surface area contributed by atoms with E-state index in [1.54, 1.807) is 30.8 Å². The van der Waals surface area contributed by atoms with Gasteiger partial charge in [-0.25, -0.2) is 14.4 Å². The number of aromatic amines is 1. The van der Waals surface area contributed by atoms with E-state index in [-0.39, 0.29) is 12.5 Å². The molecule has 1 atom stereocenters. The zero-order valence-corrected chi connectivity index (χ0v) is 20.0. The number of nitrogens with zero attached hydrogens (tertiary/aromatic N) is 3. The maximum absolute atomic E-state index is 14.3. The molecule has 36 heavy (non-hydrogen) atoms. The number of halogens is 1. The first-order valence-electron chi connectivity index (χ1n) is 11.3. The molecule has 0 spiro atoms. The molecule has 178 valence electrons. The van der Waals surface area contributed by atoms with Gasteiger partial charge in [0, 0.05) is 47.0 Å². The van der Waals surface area contributed by atoms with E-state index < -0.39 is 17.8 Å². The monoisotopic (exact) mass is 497 g/mol. The Morgan fingerprint density at radius 2 is 2.03 bits per heavy atom. The molecular formula is C27H20FN5O2S. The second-order valence-electron chi connectivity index (χ2n) is 8.67. The average molecular weight is 498 g/mol. The van der Waals surface area contributed by atoms with Crippen LogP contribution in [0.2, 0.25) is 0 Å². The fourth-order valence-corrected chi connectivity index (χ4v) is 5.16. The van der Waals surface area contributed by atoms with Crippen LogP contribution in [-0.2, 0) is 11.3 Å². The van der Waals surface area contributed by atoms with Gasteiger partial charge in [0.2, 0.25) is 0 Å².